The first-order valence-corrected chi connectivity index (χ1v) is 7.22. The Bertz CT molecular complexity index is 642. The highest BCUT2D eigenvalue weighted by Crippen LogP contribution is 2.30. The van der Waals surface area contributed by atoms with E-state index in [4.69, 9.17) is 0 Å². The molecule has 0 aliphatic carbocycles. The van der Waals surface area contributed by atoms with Gasteiger partial charge in [-0.3, -0.25) is 4.31 Å². The Morgan fingerprint density at radius 2 is 1.86 bits per heavy atom. The largest absolute Gasteiger partial charge is 0.573 e. The van der Waals surface area contributed by atoms with Crippen molar-refractivity contribution >= 4 is 21.7 Å². The number of carbonyl (C=O) groups excluding carboxylic acids is 1. The van der Waals surface area contributed by atoms with Gasteiger partial charge in [0.1, 0.15) is 5.75 Å². The van der Waals surface area contributed by atoms with Crippen LogP contribution in [0.2, 0.25) is 0 Å². The lowest BCUT2D eigenvalue weighted by molar-refractivity contribution is -0.274. The van der Waals surface area contributed by atoms with Crippen LogP contribution in [0, 0.1) is 0 Å². The summed E-state index contributed by atoms with van der Waals surface area (Å²) in [5.74, 6) is -1.54. The number of nitrogens with zero attached hydrogens (tertiary/aromatic N) is 1. The number of halogens is 3. The van der Waals surface area contributed by atoms with E-state index in [1.54, 1.807) is 0 Å². The van der Waals surface area contributed by atoms with Gasteiger partial charge in [-0.25, -0.2) is 13.2 Å². The summed E-state index contributed by atoms with van der Waals surface area (Å²) in [4.78, 5) is 11.6. The second kappa shape index (κ2) is 5.80. The van der Waals surface area contributed by atoms with E-state index in [0.717, 1.165) is 38.6 Å². The molecule has 0 atom stereocenters. The number of alkyl halides is 3. The summed E-state index contributed by atoms with van der Waals surface area (Å²) in [6, 6.07) is 2.67. The molecular weight excluding hydrogens is 315 g/mol. The van der Waals surface area contributed by atoms with E-state index in [1.165, 1.54) is 0 Å². The van der Waals surface area contributed by atoms with Crippen LogP contribution in [0.15, 0.2) is 18.2 Å². The number of carbonyl (C=O) groups is 1. The molecule has 6 nitrogen and oxygen atoms in total. The number of rotatable bonds is 4. The summed E-state index contributed by atoms with van der Waals surface area (Å²) in [5.41, 5.74) is -0.494. The molecule has 0 fully saturated rings. The molecule has 0 aliphatic heterocycles. The van der Waals surface area contributed by atoms with Crippen molar-refractivity contribution < 1.29 is 35.9 Å². The number of hydrogen-bond acceptors (Lipinski definition) is 5. The Morgan fingerprint density at radius 3 is 2.29 bits per heavy atom. The van der Waals surface area contributed by atoms with Gasteiger partial charge >= 0.3 is 12.3 Å². The number of esters is 1. The van der Waals surface area contributed by atoms with Crippen molar-refractivity contribution in [3.63, 3.8) is 0 Å². The first-order chi connectivity index (χ1) is 9.45. The van der Waals surface area contributed by atoms with Crippen molar-refractivity contribution in [2.24, 2.45) is 0 Å². The van der Waals surface area contributed by atoms with E-state index in [0.29, 0.717) is 4.31 Å². The fourth-order valence-corrected chi connectivity index (χ4v) is 1.94. The van der Waals surface area contributed by atoms with Gasteiger partial charge in [-0.1, -0.05) is 0 Å². The van der Waals surface area contributed by atoms with Crippen LogP contribution in [0.5, 0.6) is 5.75 Å². The van der Waals surface area contributed by atoms with Crippen LogP contribution < -0.4 is 9.04 Å². The summed E-state index contributed by atoms with van der Waals surface area (Å²) in [6.45, 7) is 0. The predicted molar refractivity (Wildman–Crippen MR) is 67.7 cm³/mol. The third-order valence-corrected chi connectivity index (χ3v) is 3.64. The zero-order chi connectivity index (χ0) is 16.4. The van der Waals surface area contributed by atoms with Crippen LogP contribution in [0.4, 0.5) is 18.9 Å². The average Bonchev–Trinajstić information content (AvgIpc) is 2.33. The van der Waals surface area contributed by atoms with Crippen molar-refractivity contribution in [1.29, 1.82) is 0 Å². The van der Waals surface area contributed by atoms with Gasteiger partial charge in [-0.15, -0.1) is 13.2 Å². The van der Waals surface area contributed by atoms with E-state index in [1.807, 2.05) is 0 Å². The Balaban J connectivity index is 3.39. The van der Waals surface area contributed by atoms with Crippen LogP contribution in [0.1, 0.15) is 10.4 Å². The molecule has 0 bridgehead atoms. The van der Waals surface area contributed by atoms with Crippen molar-refractivity contribution in [3.05, 3.63) is 23.8 Å². The molecular formula is C11H12F3NO5S. The Kier molecular flexibility index (Phi) is 4.72. The van der Waals surface area contributed by atoms with Crippen LogP contribution in [-0.4, -0.2) is 41.2 Å². The summed E-state index contributed by atoms with van der Waals surface area (Å²) >= 11 is 0. The molecule has 118 valence electrons. The van der Waals surface area contributed by atoms with Gasteiger partial charge in [0.2, 0.25) is 10.0 Å². The van der Waals surface area contributed by atoms with Gasteiger partial charge in [-0.2, -0.15) is 0 Å². The van der Waals surface area contributed by atoms with Gasteiger partial charge < -0.3 is 9.47 Å². The molecule has 0 radical (unpaired) electrons. The molecule has 0 unspecified atom stereocenters. The highest BCUT2D eigenvalue weighted by Gasteiger charge is 2.32. The van der Waals surface area contributed by atoms with Gasteiger partial charge in [0.25, 0.3) is 0 Å². The first kappa shape index (κ1) is 17.1. The summed E-state index contributed by atoms with van der Waals surface area (Å²) in [7, 11) is -1.64. The highest BCUT2D eigenvalue weighted by molar-refractivity contribution is 7.92. The second-order valence-electron chi connectivity index (χ2n) is 3.95. The Labute approximate surface area is 119 Å². The number of ether oxygens (including phenoxy) is 2. The first-order valence-electron chi connectivity index (χ1n) is 5.37. The van der Waals surface area contributed by atoms with Crippen molar-refractivity contribution in [2.75, 3.05) is 24.7 Å². The zero-order valence-electron chi connectivity index (χ0n) is 11.3. The monoisotopic (exact) mass is 327 g/mol. The van der Waals surface area contributed by atoms with E-state index >= 15 is 0 Å². The van der Waals surface area contributed by atoms with Gasteiger partial charge in [0, 0.05) is 13.1 Å². The highest BCUT2D eigenvalue weighted by atomic mass is 32.2. The van der Waals surface area contributed by atoms with Crippen LogP contribution >= 0.6 is 0 Å². The molecule has 1 aromatic carbocycles. The molecule has 0 aromatic heterocycles. The molecule has 0 amide bonds. The molecule has 21 heavy (non-hydrogen) atoms. The van der Waals surface area contributed by atoms with Crippen LogP contribution in [0.3, 0.4) is 0 Å². The normalized spacial score (nSPS) is 11.9. The molecule has 0 saturated heterocycles. The Morgan fingerprint density at radius 1 is 1.29 bits per heavy atom. The average molecular weight is 327 g/mol. The minimum atomic E-state index is -4.94. The summed E-state index contributed by atoms with van der Waals surface area (Å²) in [6.07, 6.45) is -4.10. The molecule has 0 spiro atoms. The lowest BCUT2D eigenvalue weighted by Crippen LogP contribution is -2.27. The maximum Gasteiger partial charge on any atom is 0.573 e. The standard InChI is InChI=1S/C11H12F3NO5S/c1-15(21(3,17)18)9-6-7(20-11(12,13)14)4-5-8(9)10(16)19-2/h4-6H,1-3H3. The Hall–Kier alpha value is -1.97. The van der Waals surface area contributed by atoms with Crippen molar-refractivity contribution in [3.8, 4) is 5.75 Å². The third-order valence-electron chi connectivity index (χ3n) is 2.44. The zero-order valence-corrected chi connectivity index (χ0v) is 12.1. The van der Waals surface area contributed by atoms with Crippen LogP contribution in [-0.2, 0) is 14.8 Å². The minimum Gasteiger partial charge on any atom is -0.465 e. The van der Waals surface area contributed by atoms with Crippen molar-refractivity contribution in [1.82, 2.24) is 0 Å². The van der Waals surface area contributed by atoms with E-state index in [-0.39, 0.29) is 11.3 Å². The molecule has 0 aliphatic rings. The third kappa shape index (κ3) is 4.52. The quantitative estimate of drug-likeness (QED) is 0.788. The number of methoxy groups -OCH3 is 1. The van der Waals surface area contributed by atoms with E-state index in [9.17, 15) is 26.4 Å². The topological polar surface area (TPSA) is 72.9 Å². The number of benzene rings is 1. The molecule has 1 rings (SSSR count). The maximum atomic E-state index is 12.2. The molecule has 1 aromatic rings. The number of sulfonamides is 1. The van der Waals surface area contributed by atoms with Crippen LogP contribution in [0.25, 0.3) is 0 Å². The maximum absolute atomic E-state index is 12.2. The SMILES string of the molecule is COC(=O)c1ccc(OC(F)(F)F)cc1N(C)S(C)(=O)=O. The molecule has 10 heteroatoms. The molecule has 0 N–H and O–H groups in total. The number of hydrogen-bond donors (Lipinski definition) is 0. The summed E-state index contributed by atoms with van der Waals surface area (Å²) < 4.78 is 68.4. The van der Waals surface area contributed by atoms with Gasteiger partial charge in [0.05, 0.1) is 24.6 Å². The summed E-state index contributed by atoms with van der Waals surface area (Å²) in [5, 5.41) is 0. The minimum absolute atomic E-state index is 0.208. The predicted octanol–water partition coefficient (Wildman–Crippen LogP) is 1.77. The molecule has 0 heterocycles. The van der Waals surface area contributed by atoms with Crippen molar-refractivity contribution in [2.45, 2.75) is 6.36 Å². The second-order valence-corrected chi connectivity index (χ2v) is 5.96. The van der Waals surface area contributed by atoms with Gasteiger partial charge in [-0.05, 0) is 12.1 Å². The van der Waals surface area contributed by atoms with E-state index < -0.39 is 28.1 Å². The van der Waals surface area contributed by atoms with E-state index in [2.05, 4.69) is 9.47 Å². The lowest BCUT2D eigenvalue weighted by Gasteiger charge is -2.20. The fourth-order valence-electron chi connectivity index (χ4n) is 1.43. The molecule has 0 saturated carbocycles. The smallest absolute Gasteiger partial charge is 0.465 e. The van der Waals surface area contributed by atoms with Gasteiger partial charge in [0.15, 0.2) is 0 Å². The number of anilines is 1. The lowest BCUT2D eigenvalue weighted by atomic mass is 10.1. The fraction of sp³-hybridized carbons (Fsp3) is 0.364.